The van der Waals surface area contributed by atoms with Gasteiger partial charge in [-0.15, -0.1) is 0 Å². The van der Waals surface area contributed by atoms with E-state index in [1.165, 1.54) is 31.2 Å². The number of nitrogens with two attached hydrogens (primary N) is 2. The highest BCUT2D eigenvalue weighted by Gasteiger charge is 2.32. The molecule has 0 radical (unpaired) electrons. The summed E-state index contributed by atoms with van der Waals surface area (Å²) in [4.78, 5) is 71.8. The number of carboxylic acids is 2. The van der Waals surface area contributed by atoms with Gasteiger partial charge >= 0.3 is 11.9 Å². The number of rotatable bonds is 15. The smallest absolute Gasteiger partial charge is 0.326 e. The van der Waals surface area contributed by atoms with E-state index < -0.39 is 85.1 Å². The monoisotopic (exact) mass is 525 g/mol. The van der Waals surface area contributed by atoms with Gasteiger partial charge in [0.15, 0.2) is 0 Å². The van der Waals surface area contributed by atoms with E-state index in [4.69, 9.17) is 16.6 Å². The summed E-state index contributed by atoms with van der Waals surface area (Å²) in [6, 6.07) is -0.468. The number of primary amides is 1. The zero-order valence-electron chi connectivity index (χ0n) is 19.9. The Morgan fingerprint density at radius 3 is 1.86 bits per heavy atom. The second-order valence-electron chi connectivity index (χ2n) is 8.26. The lowest BCUT2D eigenvalue weighted by Gasteiger charge is -2.25. The first-order valence-electron chi connectivity index (χ1n) is 11.1. The first-order valence-corrected chi connectivity index (χ1v) is 11.1. The summed E-state index contributed by atoms with van der Waals surface area (Å²) in [6.45, 7) is 1.26. The number of aliphatic hydroxyl groups is 1. The van der Waals surface area contributed by atoms with Crippen LogP contribution in [0.4, 0.5) is 0 Å². The summed E-state index contributed by atoms with van der Waals surface area (Å²) in [7, 11) is 0. The molecule has 15 heteroatoms. The minimum Gasteiger partial charge on any atom is -0.508 e. The fourth-order valence-electron chi connectivity index (χ4n) is 3.05. The Morgan fingerprint density at radius 2 is 1.38 bits per heavy atom. The van der Waals surface area contributed by atoms with Crippen molar-refractivity contribution in [1.29, 1.82) is 0 Å². The number of hydrogen-bond acceptors (Lipinski definition) is 9. The molecule has 0 aliphatic carbocycles. The number of nitrogens with one attached hydrogen (secondary N) is 3. The Labute approximate surface area is 211 Å². The van der Waals surface area contributed by atoms with Gasteiger partial charge in [0.05, 0.1) is 12.5 Å². The molecule has 15 nitrogen and oxygen atoms in total. The summed E-state index contributed by atoms with van der Waals surface area (Å²) in [5.41, 5.74) is 11.1. The molecule has 0 aliphatic rings. The lowest BCUT2D eigenvalue weighted by Crippen LogP contribution is -2.58. The van der Waals surface area contributed by atoms with Crippen molar-refractivity contribution < 1.29 is 49.2 Å². The highest BCUT2D eigenvalue weighted by Crippen LogP contribution is 2.12. The lowest BCUT2D eigenvalue weighted by atomic mass is 10.0. The molecule has 0 fully saturated rings. The zero-order chi connectivity index (χ0) is 28.3. The van der Waals surface area contributed by atoms with Crippen molar-refractivity contribution in [2.45, 2.75) is 62.9 Å². The molecule has 37 heavy (non-hydrogen) atoms. The number of benzene rings is 1. The van der Waals surface area contributed by atoms with E-state index >= 15 is 0 Å². The molecule has 5 atom stereocenters. The topological polar surface area (TPSA) is 271 Å². The molecule has 0 heterocycles. The van der Waals surface area contributed by atoms with Gasteiger partial charge < -0.3 is 47.8 Å². The molecule has 204 valence electrons. The normalized spacial score (nSPS) is 14.8. The predicted octanol–water partition coefficient (Wildman–Crippen LogP) is -3.08. The number of carbonyl (C=O) groups excluding carboxylic acids is 4. The van der Waals surface area contributed by atoms with Gasteiger partial charge in [0, 0.05) is 12.8 Å². The van der Waals surface area contributed by atoms with Gasteiger partial charge in [-0.25, -0.2) is 4.79 Å². The second-order valence-corrected chi connectivity index (χ2v) is 8.26. The third-order valence-electron chi connectivity index (χ3n) is 5.13. The van der Waals surface area contributed by atoms with E-state index in [9.17, 15) is 44.1 Å². The molecule has 0 saturated heterocycles. The first kappa shape index (κ1) is 30.8. The summed E-state index contributed by atoms with van der Waals surface area (Å²) in [6.07, 6.45) is -3.21. The maximum Gasteiger partial charge on any atom is 0.326 e. The largest absolute Gasteiger partial charge is 0.508 e. The average Bonchev–Trinajstić information content (AvgIpc) is 2.80. The minimum absolute atomic E-state index is 0.0562. The quantitative estimate of drug-likeness (QED) is 0.111. The summed E-state index contributed by atoms with van der Waals surface area (Å²) in [5.74, 6) is -6.92. The Kier molecular flexibility index (Phi) is 11.9. The van der Waals surface area contributed by atoms with Crippen LogP contribution in [0.2, 0.25) is 0 Å². The van der Waals surface area contributed by atoms with E-state index in [2.05, 4.69) is 10.6 Å². The fraction of sp³-hybridized carbons (Fsp3) is 0.455. The number of aromatic hydroxyl groups is 1. The minimum atomic E-state index is -1.73. The van der Waals surface area contributed by atoms with Crippen LogP contribution in [-0.4, -0.2) is 86.3 Å². The molecule has 0 saturated carbocycles. The van der Waals surface area contributed by atoms with Crippen molar-refractivity contribution in [3.8, 4) is 5.75 Å². The van der Waals surface area contributed by atoms with Crippen LogP contribution in [0.25, 0.3) is 0 Å². The van der Waals surface area contributed by atoms with E-state index in [1.807, 2.05) is 5.32 Å². The number of amides is 4. The molecule has 0 aliphatic heterocycles. The van der Waals surface area contributed by atoms with Crippen LogP contribution in [0.5, 0.6) is 5.75 Å². The van der Waals surface area contributed by atoms with Crippen molar-refractivity contribution in [3.63, 3.8) is 0 Å². The molecule has 11 N–H and O–H groups in total. The van der Waals surface area contributed by atoms with Crippen LogP contribution in [0, 0.1) is 0 Å². The highest BCUT2D eigenvalue weighted by molar-refractivity contribution is 5.95. The standard InChI is InChI=1S/C22H31N5O10/c1-10(28)18(24)21(35)26-14(8-11-2-4-12(29)5-3-11)20(34)25-13(6-7-17(31)32)19(33)27-15(22(36)37)9-16(23)30/h2-5,10,13-15,18,28-29H,6-9,24H2,1H3,(H2,23,30)(H,25,34)(H,26,35)(H,27,33)(H,31,32)(H,36,37). The number of carboxylic acid groups (broad SMARTS) is 2. The molecule has 0 bridgehead atoms. The lowest BCUT2D eigenvalue weighted by molar-refractivity contribution is -0.144. The zero-order valence-corrected chi connectivity index (χ0v) is 19.9. The third kappa shape index (κ3) is 10.9. The SMILES string of the molecule is CC(O)C(N)C(=O)NC(Cc1ccc(O)cc1)C(=O)NC(CCC(=O)O)C(=O)NC(CC(N)=O)C(=O)O. The molecular formula is C22H31N5O10. The number of aliphatic carboxylic acids is 2. The van der Waals surface area contributed by atoms with Gasteiger partial charge in [-0.3, -0.25) is 24.0 Å². The average molecular weight is 526 g/mol. The molecule has 4 amide bonds. The second kappa shape index (κ2) is 14.4. The maximum absolute atomic E-state index is 13.1. The van der Waals surface area contributed by atoms with Crippen molar-refractivity contribution in [2.24, 2.45) is 11.5 Å². The molecule has 0 spiro atoms. The number of hydrogen-bond donors (Lipinski definition) is 9. The maximum atomic E-state index is 13.1. The summed E-state index contributed by atoms with van der Waals surface area (Å²) in [5, 5.41) is 44.0. The van der Waals surface area contributed by atoms with Gasteiger partial charge in [-0.1, -0.05) is 12.1 Å². The van der Waals surface area contributed by atoms with Crippen LogP contribution in [0.1, 0.15) is 31.7 Å². The molecule has 1 aromatic carbocycles. The van der Waals surface area contributed by atoms with Gasteiger partial charge in [0.1, 0.15) is 29.9 Å². The van der Waals surface area contributed by atoms with Gasteiger partial charge in [-0.2, -0.15) is 0 Å². The number of phenolic OH excluding ortho intramolecular Hbond substituents is 1. The Balaban J connectivity index is 3.18. The Bertz CT molecular complexity index is 998. The van der Waals surface area contributed by atoms with E-state index in [1.54, 1.807) is 0 Å². The molecular weight excluding hydrogens is 494 g/mol. The summed E-state index contributed by atoms with van der Waals surface area (Å²) >= 11 is 0. The molecule has 1 aromatic rings. The van der Waals surface area contributed by atoms with Crippen LogP contribution >= 0.6 is 0 Å². The van der Waals surface area contributed by atoms with Gasteiger partial charge in [-0.05, 0) is 31.0 Å². The van der Waals surface area contributed by atoms with Crippen molar-refractivity contribution in [2.75, 3.05) is 0 Å². The van der Waals surface area contributed by atoms with Crippen LogP contribution < -0.4 is 27.4 Å². The Morgan fingerprint density at radius 1 is 0.865 bits per heavy atom. The van der Waals surface area contributed by atoms with Crippen LogP contribution in [0.3, 0.4) is 0 Å². The van der Waals surface area contributed by atoms with E-state index in [0.717, 1.165) is 0 Å². The first-order chi connectivity index (χ1) is 17.2. The summed E-state index contributed by atoms with van der Waals surface area (Å²) < 4.78 is 0. The van der Waals surface area contributed by atoms with Crippen molar-refractivity contribution >= 4 is 35.6 Å². The number of carbonyl (C=O) groups is 6. The van der Waals surface area contributed by atoms with Gasteiger partial charge in [0.2, 0.25) is 23.6 Å². The number of phenols is 1. The molecule has 1 rings (SSSR count). The van der Waals surface area contributed by atoms with Crippen molar-refractivity contribution in [3.05, 3.63) is 29.8 Å². The van der Waals surface area contributed by atoms with Crippen LogP contribution in [0.15, 0.2) is 24.3 Å². The van der Waals surface area contributed by atoms with Crippen LogP contribution in [-0.2, 0) is 35.2 Å². The molecule has 5 unspecified atom stereocenters. The predicted molar refractivity (Wildman–Crippen MR) is 126 cm³/mol. The van der Waals surface area contributed by atoms with E-state index in [0.29, 0.717) is 5.56 Å². The molecule has 0 aromatic heterocycles. The van der Waals surface area contributed by atoms with Gasteiger partial charge in [0.25, 0.3) is 0 Å². The third-order valence-corrected chi connectivity index (χ3v) is 5.13. The van der Waals surface area contributed by atoms with E-state index in [-0.39, 0.29) is 12.2 Å². The number of aliphatic hydroxyl groups excluding tert-OH is 1. The Hall–Kier alpha value is -4.24. The fourth-order valence-corrected chi connectivity index (χ4v) is 3.05. The van der Waals surface area contributed by atoms with Crippen molar-refractivity contribution in [1.82, 2.24) is 16.0 Å². The highest BCUT2D eigenvalue weighted by atomic mass is 16.4.